The maximum atomic E-state index is 12.3. The molecule has 3 N–H and O–H groups in total. The fourth-order valence-corrected chi connectivity index (χ4v) is 4.08. The minimum absolute atomic E-state index is 0.189. The van der Waals surface area contributed by atoms with E-state index < -0.39 is 10.0 Å². The molecular weight excluding hydrogens is 310 g/mol. The Morgan fingerprint density at radius 2 is 2.24 bits per heavy atom. The van der Waals surface area contributed by atoms with Gasteiger partial charge in [-0.05, 0) is 50.0 Å². The molecule has 1 fully saturated rings. The standard InChI is InChI=1S/C14H22ClN3O2S/c1-18-6-2-3-11(10-18)9-17-21(19,20)13-5-4-12(8-16)14(15)7-13/h4-5,7,11,17H,2-3,6,8-10,16H2,1H3. The molecule has 1 aliphatic rings. The summed E-state index contributed by atoms with van der Waals surface area (Å²) in [6.45, 7) is 2.76. The highest BCUT2D eigenvalue weighted by atomic mass is 35.5. The van der Waals surface area contributed by atoms with Crippen LogP contribution in [0.4, 0.5) is 0 Å². The van der Waals surface area contributed by atoms with Crippen LogP contribution in [0.15, 0.2) is 23.1 Å². The first-order valence-electron chi connectivity index (χ1n) is 7.09. The van der Waals surface area contributed by atoms with Crippen LogP contribution < -0.4 is 10.5 Å². The zero-order chi connectivity index (χ0) is 15.5. The lowest BCUT2D eigenvalue weighted by atomic mass is 9.99. The van der Waals surface area contributed by atoms with Crippen LogP contribution in [0.2, 0.25) is 5.02 Å². The average Bonchev–Trinajstić information content (AvgIpc) is 2.45. The SMILES string of the molecule is CN1CCCC(CNS(=O)(=O)c2ccc(CN)c(Cl)c2)C1. The molecule has 7 heteroatoms. The minimum atomic E-state index is -3.52. The van der Waals surface area contributed by atoms with Gasteiger partial charge in [0.1, 0.15) is 0 Å². The third kappa shape index (κ3) is 4.40. The van der Waals surface area contributed by atoms with Crippen LogP contribution in [0.5, 0.6) is 0 Å². The highest BCUT2D eigenvalue weighted by molar-refractivity contribution is 7.89. The first-order valence-corrected chi connectivity index (χ1v) is 8.95. The third-order valence-electron chi connectivity index (χ3n) is 3.84. The Bertz CT molecular complexity index is 592. The van der Waals surface area contributed by atoms with E-state index in [0.717, 1.165) is 31.5 Å². The lowest BCUT2D eigenvalue weighted by molar-refractivity contribution is 0.211. The van der Waals surface area contributed by atoms with Gasteiger partial charge in [0.15, 0.2) is 0 Å². The van der Waals surface area contributed by atoms with Crippen molar-refractivity contribution in [2.45, 2.75) is 24.3 Å². The number of halogens is 1. The third-order valence-corrected chi connectivity index (χ3v) is 5.61. The second-order valence-electron chi connectivity index (χ2n) is 5.58. The highest BCUT2D eigenvalue weighted by Gasteiger charge is 2.21. The molecule has 0 aromatic heterocycles. The van der Waals surface area contributed by atoms with E-state index in [1.807, 2.05) is 0 Å². The summed E-state index contributed by atoms with van der Waals surface area (Å²) in [5.41, 5.74) is 6.27. The molecule has 0 radical (unpaired) electrons. The minimum Gasteiger partial charge on any atom is -0.326 e. The number of nitrogens with zero attached hydrogens (tertiary/aromatic N) is 1. The van der Waals surface area contributed by atoms with Crippen molar-refractivity contribution < 1.29 is 8.42 Å². The summed E-state index contributed by atoms with van der Waals surface area (Å²) in [5, 5.41) is 0.387. The van der Waals surface area contributed by atoms with Gasteiger partial charge < -0.3 is 10.6 Å². The molecule has 0 amide bonds. The first kappa shape index (κ1) is 16.7. The molecule has 1 unspecified atom stereocenters. The quantitative estimate of drug-likeness (QED) is 0.855. The zero-order valence-electron chi connectivity index (χ0n) is 12.2. The van der Waals surface area contributed by atoms with Crippen molar-refractivity contribution in [1.82, 2.24) is 9.62 Å². The molecule has 118 valence electrons. The number of rotatable bonds is 5. The van der Waals surface area contributed by atoms with Crippen LogP contribution in [0, 0.1) is 5.92 Å². The molecule has 1 aromatic rings. The van der Waals surface area contributed by atoms with Crippen molar-refractivity contribution in [2.75, 3.05) is 26.7 Å². The Balaban J connectivity index is 2.02. The summed E-state index contributed by atoms with van der Waals surface area (Å²) in [7, 11) is -1.46. The molecule has 1 heterocycles. The van der Waals surface area contributed by atoms with E-state index in [4.69, 9.17) is 17.3 Å². The Hall–Kier alpha value is -0.660. The van der Waals surface area contributed by atoms with Crippen LogP contribution in [0.1, 0.15) is 18.4 Å². The van der Waals surface area contributed by atoms with Gasteiger partial charge >= 0.3 is 0 Å². The Labute approximate surface area is 131 Å². The predicted molar refractivity (Wildman–Crippen MR) is 84.8 cm³/mol. The molecule has 0 aliphatic carbocycles. The van der Waals surface area contributed by atoms with E-state index in [9.17, 15) is 8.42 Å². The largest absolute Gasteiger partial charge is 0.326 e. The Morgan fingerprint density at radius 1 is 1.48 bits per heavy atom. The van der Waals surface area contributed by atoms with Gasteiger partial charge in [-0.1, -0.05) is 17.7 Å². The summed E-state index contributed by atoms with van der Waals surface area (Å²) >= 11 is 6.02. The monoisotopic (exact) mass is 331 g/mol. The van der Waals surface area contributed by atoms with Crippen LogP contribution in [-0.4, -0.2) is 40.0 Å². The Kier molecular flexibility index (Phi) is 5.62. The molecule has 1 aromatic carbocycles. The number of nitrogens with one attached hydrogen (secondary N) is 1. The van der Waals surface area contributed by atoms with Crippen molar-refractivity contribution >= 4 is 21.6 Å². The van der Waals surface area contributed by atoms with Crippen molar-refractivity contribution in [2.24, 2.45) is 11.7 Å². The average molecular weight is 332 g/mol. The van der Waals surface area contributed by atoms with Crippen LogP contribution >= 0.6 is 11.6 Å². The maximum absolute atomic E-state index is 12.3. The van der Waals surface area contributed by atoms with Crippen LogP contribution in [-0.2, 0) is 16.6 Å². The molecule has 5 nitrogen and oxygen atoms in total. The maximum Gasteiger partial charge on any atom is 0.240 e. The molecule has 0 saturated carbocycles. The van der Waals surface area contributed by atoms with Crippen molar-refractivity contribution in [3.8, 4) is 0 Å². The molecular formula is C14H22ClN3O2S. The van der Waals surface area contributed by atoms with Gasteiger partial charge in [0.2, 0.25) is 10.0 Å². The molecule has 1 saturated heterocycles. The lowest BCUT2D eigenvalue weighted by Gasteiger charge is -2.29. The number of likely N-dealkylation sites (tertiary alicyclic amines) is 1. The predicted octanol–water partition coefficient (Wildman–Crippen LogP) is 1.42. The number of piperidine rings is 1. The molecule has 21 heavy (non-hydrogen) atoms. The summed E-state index contributed by atoms with van der Waals surface area (Å²) < 4.78 is 27.3. The van der Waals surface area contributed by atoms with E-state index in [1.54, 1.807) is 12.1 Å². The first-order chi connectivity index (χ1) is 9.92. The number of nitrogens with two attached hydrogens (primary N) is 1. The highest BCUT2D eigenvalue weighted by Crippen LogP contribution is 2.21. The molecule has 1 atom stereocenters. The zero-order valence-corrected chi connectivity index (χ0v) is 13.8. The second kappa shape index (κ2) is 7.07. The number of hydrogen-bond acceptors (Lipinski definition) is 4. The topological polar surface area (TPSA) is 75.4 Å². The van der Waals surface area contributed by atoms with E-state index in [1.165, 1.54) is 6.07 Å². The number of hydrogen-bond donors (Lipinski definition) is 2. The van der Waals surface area contributed by atoms with Gasteiger partial charge in [-0.3, -0.25) is 0 Å². The number of sulfonamides is 1. The molecule has 0 bridgehead atoms. The summed E-state index contributed by atoms with van der Waals surface area (Å²) in [5.74, 6) is 0.359. The summed E-state index contributed by atoms with van der Waals surface area (Å²) in [4.78, 5) is 2.42. The van der Waals surface area contributed by atoms with E-state index in [0.29, 0.717) is 24.0 Å². The Morgan fingerprint density at radius 3 is 2.86 bits per heavy atom. The van der Waals surface area contributed by atoms with Crippen molar-refractivity contribution in [3.63, 3.8) is 0 Å². The van der Waals surface area contributed by atoms with Gasteiger partial charge in [0.05, 0.1) is 4.90 Å². The van der Waals surface area contributed by atoms with Gasteiger partial charge in [-0.2, -0.15) is 0 Å². The van der Waals surface area contributed by atoms with Crippen molar-refractivity contribution in [3.05, 3.63) is 28.8 Å². The second-order valence-corrected chi connectivity index (χ2v) is 7.75. The van der Waals surface area contributed by atoms with E-state index >= 15 is 0 Å². The molecule has 1 aliphatic heterocycles. The van der Waals surface area contributed by atoms with Gasteiger partial charge in [-0.25, -0.2) is 13.1 Å². The fraction of sp³-hybridized carbons (Fsp3) is 0.571. The van der Waals surface area contributed by atoms with Gasteiger partial charge in [0, 0.05) is 24.7 Å². The van der Waals surface area contributed by atoms with E-state index in [2.05, 4.69) is 16.7 Å². The van der Waals surface area contributed by atoms with Crippen LogP contribution in [0.25, 0.3) is 0 Å². The van der Waals surface area contributed by atoms with Crippen LogP contribution in [0.3, 0.4) is 0 Å². The summed E-state index contributed by atoms with van der Waals surface area (Å²) in [6.07, 6.45) is 2.17. The fourth-order valence-electron chi connectivity index (χ4n) is 2.61. The number of benzene rings is 1. The van der Waals surface area contributed by atoms with Gasteiger partial charge in [0.25, 0.3) is 0 Å². The van der Waals surface area contributed by atoms with E-state index in [-0.39, 0.29) is 4.90 Å². The molecule has 0 spiro atoms. The van der Waals surface area contributed by atoms with Crippen molar-refractivity contribution in [1.29, 1.82) is 0 Å². The van der Waals surface area contributed by atoms with Gasteiger partial charge in [-0.15, -0.1) is 0 Å². The lowest BCUT2D eigenvalue weighted by Crippen LogP contribution is -2.39. The smallest absolute Gasteiger partial charge is 0.240 e. The molecule has 2 rings (SSSR count). The normalized spacial score (nSPS) is 20.6. The summed E-state index contributed by atoms with van der Waals surface area (Å²) in [6, 6.07) is 4.66.